The maximum atomic E-state index is 11.6. The maximum Gasteiger partial charge on any atom is 0.123 e. The molecule has 2 nitrogen and oxygen atoms in total. The molecule has 1 atom stereocenters. The quantitative estimate of drug-likeness (QED) is 0.436. The average Bonchev–Trinajstić information content (AvgIpc) is 3.24. The number of aromatic hydroxyl groups is 2. The summed E-state index contributed by atoms with van der Waals surface area (Å²) in [5.74, 6) is 1.19. The van der Waals surface area contributed by atoms with Crippen molar-refractivity contribution in [3.8, 4) is 11.5 Å². The smallest absolute Gasteiger partial charge is 0.123 e. The molecule has 0 fully saturated rings. The molecule has 0 saturated heterocycles. The molecule has 0 aromatic heterocycles. The van der Waals surface area contributed by atoms with Crippen LogP contribution in [0.15, 0.2) is 36.4 Å². The maximum absolute atomic E-state index is 11.6. The molecule has 0 spiro atoms. The summed E-state index contributed by atoms with van der Waals surface area (Å²) in [5.41, 5.74) is 6.06. The molecule has 1 unspecified atom stereocenters. The van der Waals surface area contributed by atoms with Gasteiger partial charge in [0.1, 0.15) is 11.5 Å². The van der Waals surface area contributed by atoms with E-state index in [1.165, 1.54) is 11.1 Å². The number of allylic oxidation sites excluding steroid dienone is 2. The van der Waals surface area contributed by atoms with Gasteiger partial charge < -0.3 is 10.2 Å². The highest BCUT2D eigenvalue weighted by atomic mass is 16.3. The summed E-state index contributed by atoms with van der Waals surface area (Å²) >= 11 is 0. The third-order valence-electron chi connectivity index (χ3n) is 7.23. The average molecular weight is 449 g/mol. The molecular formula is C31H44O2. The van der Waals surface area contributed by atoms with Crippen molar-refractivity contribution < 1.29 is 10.2 Å². The van der Waals surface area contributed by atoms with E-state index >= 15 is 0 Å². The SMILES string of the molecule is CCc1cc(C(CC2C=CCC2)c2cc(CC)cc(C(C)(C)C)c2O)c(O)c(C(C)(C)C)c1. The predicted molar refractivity (Wildman–Crippen MR) is 141 cm³/mol. The van der Waals surface area contributed by atoms with Crippen LogP contribution in [0, 0.1) is 5.92 Å². The Balaban J connectivity index is 2.31. The third kappa shape index (κ3) is 5.48. The largest absolute Gasteiger partial charge is 0.507 e. The van der Waals surface area contributed by atoms with E-state index in [0.29, 0.717) is 17.4 Å². The number of hydrogen-bond donors (Lipinski definition) is 2. The molecule has 3 rings (SSSR count). The van der Waals surface area contributed by atoms with Gasteiger partial charge in [-0.2, -0.15) is 0 Å². The molecule has 2 heteroatoms. The van der Waals surface area contributed by atoms with E-state index in [4.69, 9.17) is 0 Å². The van der Waals surface area contributed by atoms with E-state index < -0.39 is 0 Å². The highest BCUT2D eigenvalue weighted by Gasteiger charge is 2.31. The number of aryl methyl sites for hydroxylation is 2. The zero-order chi connectivity index (χ0) is 24.6. The lowest BCUT2D eigenvalue weighted by atomic mass is 9.75. The van der Waals surface area contributed by atoms with Crippen molar-refractivity contribution in [3.05, 3.63) is 69.8 Å². The summed E-state index contributed by atoms with van der Waals surface area (Å²) in [6.45, 7) is 17.3. The Morgan fingerprint density at radius 2 is 1.24 bits per heavy atom. The first-order valence-electron chi connectivity index (χ1n) is 12.8. The van der Waals surface area contributed by atoms with Crippen LogP contribution in [0.3, 0.4) is 0 Å². The second-order valence-corrected chi connectivity index (χ2v) is 11.9. The first-order valence-corrected chi connectivity index (χ1v) is 12.8. The summed E-state index contributed by atoms with van der Waals surface area (Å²) in [4.78, 5) is 0. The predicted octanol–water partition coefficient (Wildman–Crippen LogP) is 8.31. The van der Waals surface area contributed by atoms with E-state index in [2.05, 4.69) is 91.8 Å². The Morgan fingerprint density at radius 1 is 0.788 bits per heavy atom. The lowest BCUT2D eigenvalue weighted by Gasteiger charge is -2.30. The molecule has 180 valence electrons. The molecule has 0 bridgehead atoms. The van der Waals surface area contributed by atoms with Crippen LogP contribution in [0.2, 0.25) is 0 Å². The topological polar surface area (TPSA) is 40.5 Å². The molecule has 2 aromatic carbocycles. The van der Waals surface area contributed by atoms with Gasteiger partial charge in [0.2, 0.25) is 0 Å². The Bertz CT molecular complexity index is 943. The molecule has 33 heavy (non-hydrogen) atoms. The van der Waals surface area contributed by atoms with Gasteiger partial charge >= 0.3 is 0 Å². The summed E-state index contributed by atoms with van der Waals surface area (Å²) in [5, 5.41) is 23.2. The molecule has 0 saturated carbocycles. The van der Waals surface area contributed by atoms with Crippen molar-refractivity contribution in [2.75, 3.05) is 0 Å². The third-order valence-corrected chi connectivity index (χ3v) is 7.23. The van der Waals surface area contributed by atoms with Crippen molar-refractivity contribution in [3.63, 3.8) is 0 Å². The van der Waals surface area contributed by atoms with Gasteiger partial charge in [0.05, 0.1) is 0 Å². The second-order valence-electron chi connectivity index (χ2n) is 11.9. The highest BCUT2D eigenvalue weighted by Crippen LogP contribution is 2.47. The van der Waals surface area contributed by atoms with Crippen molar-refractivity contribution in [2.45, 2.75) is 104 Å². The lowest BCUT2D eigenvalue weighted by molar-refractivity contribution is 0.417. The second kappa shape index (κ2) is 9.57. The zero-order valence-corrected chi connectivity index (χ0v) is 22.0. The lowest BCUT2D eigenvalue weighted by Crippen LogP contribution is -2.17. The van der Waals surface area contributed by atoms with Crippen LogP contribution in [0.1, 0.15) is 114 Å². The van der Waals surface area contributed by atoms with Gasteiger partial charge in [-0.05, 0) is 71.1 Å². The molecular weight excluding hydrogens is 404 g/mol. The number of phenolic OH excluding ortho intramolecular Hbond substituents is 2. The minimum Gasteiger partial charge on any atom is -0.507 e. The Labute approximate surface area is 201 Å². The standard InChI is InChI=1S/C31H44O2/c1-9-20-15-24(28(32)26(18-20)30(3,4)5)23(17-22-13-11-12-14-22)25-16-21(10-2)19-27(29(25)33)31(6,7)8/h11,13,15-16,18-19,22-23,32-33H,9-10,12,14,17H2,1-8H3. The van der Waals surface area contributed by atoms with E-state index in [-0.39, 0.29) is 16.7 Å². The molecule has 0 heterocycles. The van der Waals surface area contributed by atoms with Crippen molar-refractivity contribution in [1.82, 2.24) is 0 Å². The van der Waals surface area contributed by atoms with E-state index in [1.54, 1.807) is 0 Å². The summed E-state index contributed by atoms with van der Waals surface area (Å²) < 4.78 is 0. The van der Waals surface area contributed by atoms with Crippen molar-refractivity contribution >= 4 is 0 Å². The number of hydrogen-bond acceptors (Lipinski definition) is 2. The molecule has 1 aliphatic carbocycles. The van der Waals surface area contributed by atoms with Gasteiger partial charge in [-0.25, -0.2) is 0 Å². The summed E-state index contributed by atoms with van der Waals surface area (Å²) in [6, 6.07) is 8.69. The highest BCUT2D eigenvalue weighted by molar-refractivity contribution is 5.56. The Kier molecular flexibility index (Phi) is 7.36. The molecule has 0 radical (unpaired) electrons. The number of phenols is 2. The minimum absolute atomic E-state index is 0.0575. The van der Waals surface area contributed by atoms with Crippen LogP contribution in [-0.4, -0.2) is 10.2 Å². The van der Waals surface area contributed by atoms with Crippen molar-refractivity contribution in [2.24, 2.45) is 5.92 Å². The molecule has 2 N–H and O–H groups in total. The van der Waals surface area contributed by atoms with Gasteiger partial charge in [-0.1, -0.05) is 91.8 Å². The van der Waals surface area contributed by atoms with Crippen LogP contribution < -0.4 is 0 Å². The van der Waals surface area contributed by atoms with E-state index in [9.17, 15) is 10.2 Å². The van der Waals surface area contributed by atoms with Crippen molar-refractivity contribution in [1.29, 1.82) is 0 Å². The van der Waals surface area contributed by atoms with Crippen LogP contribution in [-0.2, 0) is 23.7 Å². The van der Waals surface area contributed by atoms with Gasteiger partial charge in [0, 0.05) is 17.0 Å². The first-order chi connectivity index (χ1) is 15.4. The fourth-order valence-corrected chi connectivity index (χ4v) is 5.14. The first kappa shape index (κ1) is 25.4. The van der Waals surface area contributed by atoms with Gasteiger partial charge in [-0.3, -0.25) is 0 Å². The molecule has 1 aliphatic rings. The van der Waals surface area contributed by atoms with Crippen LogP contribution in [0.25, 0.3) is 0 Å². The van der Waals surface area contributed by atoms with E-state index in [1.807, 2.05) is 0 Å². The molecule has 2 aromatic rings. The van der Waals surface area contributed by atoms with Gasteiger partial charge in [-0.15, -0.1) is 0 Å². The van der Waals surface area contributed by atoms with Crippen LogP contribution in [0.4, 0.5) is 0 Å². The summed E-state index contributed by atoms with van der Waals surface area (Å²) in [7, 11) is 0. The zero-order valence-electron chi connectivity index (χ0n) is 22.0. The Morgan fingerprint density at radius 3 is 1.58 bits per heavy atom. The number of rotatable bonds is 6. The number of benzene rings is 2. The fourth-order valence-electron chi connectivity index (χ4n) is 5.14. The van der Waals surface area contributed by atoms with E-state index in [0.717, 1.165) is 54.4 Å². The summed E-state index contributed by atoms with van der Waals surface area (Å²) in [6.07, 6.45) is 9.57. The van der Waals surface area contributed by atoms with Crippen LogP contribution in [0.5, 0.6) is 11.5 Å². The van der Waals surface area contributed by atoms with Crippen LogP contribution >= 0.6 is 0 Å². The molecule has 0 aliphatic heterocycles. The van der Waals surface area contributed by atoms with Gasteiger partial charge in [0.15, 0.2) is 0 Å². The monoisotopic (exact) mass is 448 g/mol. The Hall–Kier alpha value is -2.22. The van der Waals surface area contributed by atoms with Gasteiger partial charge in [0.25, 0.3) is 0 Å². The fraction of sp³-hybridized carbons (Fsp3) is 0.548. The normalized spacial score (nSPS) is 16.7. The molecule has 0 amide bonds. The minimum atomic E-state index is -0.161.